The third-order valence-corrected chi connectivity index (χ3v) is 2.91. The summed E-state index contributed by atoms with van der Waals surface area (Å²) >= 11 is 0. The van der Waals surface area contributed by atoms with Crippen molar-refractivity contribution >= 4 is 5.78 Å². The van der Waals surface area contributed by atoms with Gasteiger partial charge in [0.25, 0.3) is 0 Å². The lowest BCUT2D eigenvalue weighted by atomic mass is 10.0. The van der Waals surface area contributed by atoms with Crippen LogP contribution in [0.15, 0.2) is 60.3 Å². The highest BCUT2D eigenvalue weighted by atomic mass is 19.1. The highest BCUT2D eigenvalue weighted by molar-refractivity contribution is 6.12. The van der Waals surface area contributed by atoms with Crippen LogP contribution >= 0.6 is 0 Å². The molecule has 0 unspecified atom stereocenters. The molecule has 0 amide bonds. The lowest BCUT2D eigenvalue weighted by Crippen LogP contribution is -2.09. The summed E-state index contributed by atoms with van der Waals surface area (Å²) in [6, 6.07) is 14.1. The fourth-order valence-electron chi connectivity index (χ4n) is 1.94. The molecule has 2 aromatic rings. The lowest BCUT2D eigenvalue weighted by Gasteiger charge is -2.11. The molecule has 0 saturated carbocycles. The number of nitrogens with zero attached hydrogens (tertiary/aromatic N) is 2. The number of hydrogen-bond donors (Lipinski definition) is 0. The SMILES string of the molecule is CN(C)/C=C(\C#N)C(=O)c1ccccc1Oc1cccc(F)c1. The first-order valence-corrected chi connectivity index (χ1v) is 6.86. The number of nitriles is 1. The Labute approximate surface area is 134 Å². The number of benzene rings is 2. The molecule has 0 atom stereocenters. The van der Waals surface area contributed by atoms with Gasteiger partial charge in [0, 0.05) is 26.4 Å². The molecule has 4 nitrogen and oxygen atoms in total. The Kier molecular flexibility index (Phi) is 5.11. The van der Waals surface area contributed by atoms with Crippen LogP contribution in [0.25, 0.3) is 0 Å². The molecule has 2 aromatic carbocycles. The monoisotopic (exact) mass is 310 g/mol. The predicted molar refractivity (Wildman–Crippen MR) is 84.6 cm³/mol. The number of hydrogen-bond acceptors (Lipinski definition) is 4. The van der Waals surface area contributed by atoms with Gasteiger partial charge in [-0.25, -0.2) is 4.39 Å². The van der Waals surface area contributed by atoms with Gasteiger partial charge in [-0.3, -0.25) is 4.79 Å². The Hall–Kier alpha value is -3.13. The third-order valence-electron chi connectivity index (χ3n) is 2.91. The molecule has 0 fully saturated rings. The molecule has 0 aliphatic rings. The number of allylic oxidation sites excluding steroid dienone is 1. The van der Waals surface area contributed by atoms with Crippen LogP contribution in [0.3, 0.4) is 0 Å². The second-order valence-corrected chi connectivity index (χ2v) is 5.00. The maximum Gasteiger partial charge on any atom is 0.208 e. The van der Waals surface area contributed by atoms with Gasteiger partial charge in [-0.1, -0.05) is 18.2 Å². The summed E-state index contributed by atoms with van der Waals surface area (Å²) < 4.78 is 18.9. The topological polar surface area (TPSA) is 53.3 Å². The van der Waals surface area contributed by atoms with E-state index >= 15 is 0 Å². The van der Waals surface area contributed by atoms with Gasteiger partial charge in [0.15, 0.2) is 0 Å². The predicted octanol–water partition coefficient (Wildman–Crippen LogP) is 3.77. The minimum atomic E-state index is -0.451. The van der Waals surface area contributed by atoms with Crippen LogP contribution in [-0.4, -0.2) is 24.8 Å². The van der Waals surface area contributed by atoms with Crippen molar-refractivity contribution in [3.05, 3.63) is 71.7 Å². The molecular formula is C18H15FN2O2. The summed E-state index contributed by atoms with van der Waals surface area (Å²) in [7, 11) is 3.44. The molecule has 0 saturated heterocycles. The standard InChI is InChI=1S/C18H15FN2O2/c1-21(2)12-13(11-20)18(22)16-8-3-4-9-17(16)23-15-7-5-6-14(19)10-15/h3-10,12H,1-2H3/b13-12+. The normalized spacial score (nSPS) is 10.8. The van der Waals surface area contributed by atoms with Crippen molar-refractivity contribution in [1.82, 2.24) is 4.90 Å². The molecular weight excluding hydrogens is 295 g/mol. The van der Waals surface area contributed by atoms with E-state index in [1.54, 1.807) is 49.3 Å². The van der Waals surface area contributed by atoms with Gasteiger partial charge in [0.1, 0.15) is 29.0 Å². The van der Waals surface area contributed by atoms with Crippen molar-refractivity contribution in [2.75, 3.05) is 14.1 Å². The maximum absolute atomic E-state index is 13.3. The highest BCUT2D eigenvalue weighted by Gasteiger charge is 2.17. The number of carbonyl (C=O) groups excluding carboxylic acids is 1. The summed E-state index contributed by atoms with van der Waals surface area (Å²) in [6.45, 7) is 0. The molecule has 0 aliphatic carbocycles. The highest BCUT2D eigenvalue weighted by Crippen LogP contribution is 2.27. The maximum atomic E-state index is 13.3. The molecule has 0 radical (unpaired) electrons. The Bertz CT molecular complexity index is 792. The second-order valence-electron chi connectivity index (χ2n) is 5.00. The summed E-state index contributed by atoms with van der Waals surface area (Å²) in [5.74, 6) is -0.340. The van der Waals surface area contributed by atoms with Crippen molar-refractivity contribution in [3.63, 3.8) is 0 Å². The minimum Gasteiger partial charge on any atom is -0.456 e. The van der Waals surface area contributed by atoms with E-state index in [4.69, 9.17) is 10.00 Å². The Balaban J connectivity index is 2.38. The van der Waals surface area contributed by atoms with E-state index in [1.807, 2.05) is 6.07 Å². The Morgan fingerprint density at radius 2 is 1.96 bits per heavy atom. The first-order valence-electron chi connectivity index (χ1n) is 6.86. The minimum absolute atomic E-state index is 0.00899. The van der Waals surface area contributed by atoms with E-state index in [-0.39, 0.29) is 22.6 Å². The third kappa shape index (κ3) is 4.17. The fourth-order valence-corrected chi connectivity index (χ4v) is 1.94. The molecule has 0 spiro atoms. The second kappa shape index (κ2) is 7.23. The molecule has 116 valence electrons. The zero-order valence-corrected chi connectivity index (χ0v) is 12.8. The first-order chi connectivity index (χ1) is 11.0. The van der Waals surface area contributed by atoms with Crippen molar-refractivity contribution in [1.29, 1.82) is 5.26 Å². The molecule has 2 rings (SSSR count). The van der Waals surface area contributed by atoms with Crippen molar-refractivity contribution in [2.45, 2.75) is 0 Å². The van der Waals surface area contributed by atoms with Gasteiger partial charge in [-0.15, -0.1) is 0 Å². The smallest absolute Gasteiger partial charge is 0.208 e. The quantitative estimate of drug-likeness (QED) is 0.479. The molecule has 23 heavy (non-hydrogen) atoms. The molecule has 5 heteroatoms. The van der Waals surface area contributed by atoms with Crippen LogP contribution in [0.1, 0.15) is 10.4 Å². The van der Waals surface area contributed by atoms with Crippen LogP contribution in [0.2, 0.25) is 0 Å². The van der Waals surface area contributed by atoms with E-state index < -0.39 is 11.6 Å². The Morgan fingerprint density at radius 1 is 1.22 bits per heavy atom. The van der Waals surface area contributed by atoms with E-state index in [1.165, 1.54) is 24.4 Å². The summed E-state index contributed by atoms with van der Waals surface area (Å²) in [5, 5.41) is 9.17. The number of ketones is 1. The molecule has 0 heterocycles. The number of rotatable bonds is 5. The van der Waals surface area contributed by atoms with Crippen LogP contribution < -0.4 is 4.74 Å². The average molecular weight is 310 g/mol. The van der Waals surface area contributed by atoms with Gasteiger partial charge >= 0.3 is 0 Å². The summed E-state index contributed by atoms with van der Waals surface area (Å²) in [6.07, 6.45) is 1.45. The zero-order valence-electron chi connectivity index (χ0n) is 12.8. The van der Waals surface area contributed by atoms with E-state index in [0.29, 0.717) is 0 Å². The van der Waals surface area contributed by atoms with Gasteiger partial charge in [-0.2, -0.15) is 5.26 Å². The molecule has 0 aromatic heterocycles. The van der Waals surface area contributed by atoms with Gasteiger partial charge in [-0.05, 0) is 24.3 Å². The first kappa shape index (κ1) is 16.2. The molecule has 0 N–H and O–H groups in total. The lowest BCUT2D eigenvalue weighted by molar-refractivity contribution is 0.103. The number of halogens is 1. The molecule has 0 aliphatic heterocycles. The van der Waals surface area contributed by atoms with E-state index in [9.17, 15) is 9.18 Å². The van der Waals surface area contributed by atoms with E-state index in [0.717, 1.165) is 0 Å². The van der Waals surface area contributed by atoms with Gasteiger partial charge in [0.05, 0.1) is 5.56 Å². The summed E-state index contributed by atoms with van der Waals surface area (Å²) in [4.78, 5) is 14.1. The van der Waals surface area contributed by atoms with Crippen LogP contribution in [0.4, 0.5) is 4.39 Å². The average Bonchev–Trinajstić information content (AvgIpc) is 2.52. The van der Waals surface area contributed by atoms with Crippen LogP contribution in [0.5, 0.6) is 11.5 Å². The fraction of sp³-hybridized carbons (Fsp3) is 0.111. The number of Topliss-reactive ketones (excluding diaryl/α,β-unsaturated/α-hetero) is 1. The van der Waals surface area contributed by atoms with Crippen LogP contribution in [-0.2, 0) is 0 Å². The number of para-hydroxylation sites is 1. The van der Waals surface area contributed by atoms with Crippen molar-refractivity contribution in [2.24, 2.45) is 0 Å². The Morgan fingerprint density at radius 3 is 2.61 bits per heavy atom. The largest absolute Gasteiger partial charge is 0.456 e. The zero-order chi connectivity index (χ0) is 16.8. The van der Waals surface area contributed by atoms with Crippen molar-refractivity contribution in [3.8, 4) is 17.6 Å². The van der Waals surface area contributed by atoms with Gasteiger partial charge in [0.2, 0.25) is 5.78 Å². The van der Waals surface area contributed by atoms with E-state index in [2.05, 4.69) is 0 Å². The number of carbonyl (C=O) groups is 1. The molecule has 0 bridgehead atoms. The van der Waals surface area contributed by atoms with Crippen molar-refractivity contribution < 1.29 is 13.9 Å². The number of ether oxygens (including phenoxy) is 1. The summed E-state index contributed by atoms with van der Waals surface area (Å²) in [5.41, 5.74) is 0.233. The van der Waals surface area contributed by atoms with Crippen LogP contribution in [0, 0.1) is 17.1 Å². The van der Waals surface area contributed by atoms with Gasteiger partial charge < -0.3 is 9.64 Å².